The summed E-state index contributed by atoms with van der Waals surface area (Å²) in [6.07, 6.45) is 1.65. The summed E-state index contributed by atoms with van der Waals surface area (Å²) in [4.78, 5) is 28.7. The number of aromatic nitrogens is 1. The fraction of sp³-hybridized carbons (Fsp3) is 0.208. The molecule has 3 rings (SSSR count). The molecule has 2 aromatic carbocycles. The van der Waals surface area contributed by atoms with Crippen molar-refractivity contribution in [3.63, 3.8) is 0 Å². The highest BCUT2D eigenvalue weighted by atomic mass is 16.5. The van der Waals surface area contributed by atoms with Gasteiger partial charge < -0.3 is 15.4 Å². The number of carbonyl (C=O) groups excluding carboxylic acids is 2. The lowest BCUT2D eigenvalue weighted by atomic mass is 10.1. The van der Waals surface area contributed by atoms with Crippen molar-refractivity contribution in [1.82, 2.24) is 15.6 Å². The number of ether oxygens (including phenoxy) is 1. The zero-order valence-corrected chi connectivity index (χ0v) is 17.1. The summed E-state index contributed by atoms with van der Waals surface area (Å²) in [5.74, 6) is -0.0864. The molecule has 0 bridgehead atoms. The second-order valence-electron chi connectivity index (χ2n) is 7.08. The van der Waals surface area contributed by atoms with Crippen molar-refractivity contribution >= 4 is 11.8 Å². The molecule has 0 atom stereocenters. The van der Waals surface area contributed by atoms with Crippen LogP contribution in [0.5, 0.6) is 5.88 Å². The van der Waals surface area contributed by atoms with Crippen LogP contribution in [-0.4, -0.2) is 23.3 Å². The molecule has 2 N–H and O–H groups in total. The van der Waals surface area contributed by atoms with Gasteiger partial charge in [-0.3, -0.25) is 9.59 Å². The fourth-order valence-electron chi connectivity index (χ4n) is 3.04. The molecule has 0 fully saturated rings. The van der Waals surface area contributed by atoms with Crippen LogP contribution in [0, 0.1) is 13.8 Å². The number of benzene rings is 2. The summed E-state index contributed by atoms with van der Waals surface area (Å²) >= 11 is 0. The van der Waals surface area contributed by atoms with E-state index in [0.717, 1.165) is 22.3 Å². The SMILES string of the molecule is Cc1cc(C)cc(C(=O)NCC(=O)NCc2cccnc2OCc2ccccc2)c1. The van der Waals surface area contributed by atoms with Gasteiger partial charge in [-0.25, -0.2) is 4.98 Å². The van der Waals surface area contributed by atoms with E-state index >= 15 is 0 Å². The highest BCUT2D eigenvalue weighted by Crippen LogP contribution is 2.16. The number of nitrogens with one attached hydrogen (secondary N) is 2. The smallest absolute Gasteiger partial charge is 0.251 e. The number of amides is 2. The molecular formula is C24H25N3O3. The molecule has 6 nitrogen and oxygen atoms in total. The van der Waals surface area contributed by atoms with E-state index in [4.69, 9.17) is 4.74 Å². The first kappa shape index (κ1) is 21.0. The Balaban J connectivity index is 1.50. The Morgan fingerprint density at radius 1 is 0.933 bits per heavy atom. The van der Waals surface area contributed by atoms with Gasteiger partial charge in [0, 0.05) is 23.9 Å². The minimum atomic E-state index is -0.286. The molecule has 0 radical (unpaired) electrons. The lowest BCUT2D eigenvalue weighted by Crippen LogP contribution is -2.36. The molecule has 154 valence electrons. The van der Waals surface area contributed by atoms with Gasteiger partial charge >= 0.3 is 0 Å². The van der Waals surface area contributed by atoms with Gasteiger partial charge in [-0.1, -0.05) is 53.6 Å². The van der Waals surface area contributed by atoms with E-state index in [9.17, 15) is 9.59 Å². The summed E-state index contributed by atoms with van der Waals surface area (Å²) in [5.41, 5.74) is 4.35. The highest BCUT2D eigenvalue weighted by Gasteiger charge is 2.11. The average Bonchev–Trinajstić information content (AvgIpc) is 2.75. The minimum Gasteiger partial charge on any atom is -0.473 e. The number of aryl methyl sites for hydroxylation is 2. The van der Waals surface area contributed by atoms with Gasteiger partial charge in [0.25, 0.3) is 5.91 Å². The Kier molecular flexibility index (Phi) is 7.16. The topological polar surface area (TPSA) is 80.3 Å². The molecule has 1 heterocycles. The van der Waals surface area contributed by atoms with Crippen LogP contribution in [0.15, 0.2) is 66.9 Å². The second-order valence-corrected chi connectivity index (χ2v) is 7.08. The quantitative estimate of drug-likeness (QED) is 0.605. The van der Waals surface area contributed by atoms with Gasteiger partial charge in [-0.05, 0) is 37.6 Å². The predicted molar refractivity (Wildman–Crippen MR) is 115 cm³/mol. The first-order valence-electron chi connectivity index (χ1n) is 9.75. The van der Waals surface area contributed by atoms with E-state index in [-0.39, 0.29) is 24.9 Å². The number of hydrogen-bond donors (Lipinski definition) is 2. The molecule has 3 aromatic rings. The van der Waals surface area contributed by atoms with Crippen LogP contribution in [-0.2, 0) is 17.9 Å². The lowest BCUT2D eigenvalue weighted by molar-refractivity contribution is -0.120. The Morgan fingerprint density at radius 2 is 1.67 bits per heavy atom. The average molecular weight is 403 g/mol. The molecule has 30 heavy (non-hydrogen) atoms. The monoisotopic (exact) mass is 403 g/mol. The standard InChI is InChI=1S/C24H25N3O3/c1-17-11-18(2)13-21(12-17)23(29)27-15-22(28)26-14-20-9-6-10-25-24(20)30-16-19-7-4-3-5-8-19/h3-13H,14-16H2,1-2H3,(H,26,28)(H,27,29). The molecule has 2 amide bonds. The summed E-state index contributed by atoms with van der Waals surface area (Å²) in [5, 5.41) is 5.45. The Labute approximate surface area is 176 Å². The zero-order valence-electron chi connectivity index (χ0n) is 17.1. The third kappa shape index (κ3) is 6.17. The van der Waals surface area contributed by atoms with Crippen molar-refractivity contribution in [3.8, 4) is 5.88 Å². The highest BCUT2D eigenvalue weighted by molar-refractivity contribution is 5.96. The van der Waals surface area contributed by atoms with E-state index in [2.05, 4.69) is 15.6 Å². The molecule has 0 aliphatic carbocycles. The number of rotatable bonds is 8. The van der Waals surface area contributed by atoms with E-state index < -0.39 is 0 Å². The van der Waals surface area contributed by atoms with E-state index in [1.165, 1.54) is 0 Å². The Bertz CT molecular complexity index is 999. The molecule has 0 unspecified atom stereocenters. The van der Waals surface area contributed by atoms with Gasteiger partial charge in [0.2, 0.25) is 11.8 Å². The fourth-order valence-corrected chi connectivity index (χ4v) is 3.04. The predicted octanol–water partition coefficient (Wildman–Crippen LogP) is 3.32. The second kappa shape index (κ2) is 10.2. The van der Waals surface area contributed by atoms with Gasteiger partial charge in [0.1, 0.15) is 6.61 Å². The van der Waals surface area contributed by atoms with Gasteiger partial charge in [0.05, 0.1) is 6.54 Å². The molecule has 0 spiro atoms. The molecule has 1 aromatic heterocycles. The van der Waals surface area contributed by atoms with Crippen molar-refractivity contribution in [3.05, 3.63) is 94.7 Å². The van der Waals surface area contributed by atoms with Crippen LogP contribution in [0.1, 0.15) is 32.6 Å². The third-order valence-electron chi connectivity index (χ3n) is 4.44. The third-order valence-corrected chi connectivity index (χ3v) is 4.44. The van der Waals surface area contributed by atoms with Gasteiger partial charge in [0.15, 0.2) is 0 Å². The first-order chi connectivity index (χ1) is 14.5. The van der Waals surface area contributed by atoms with Crippen molar-refractivity contribution in [2.45, 2.75) is 27.0 Å². The van der Waals surface area contributed by atoms with E-state index in [1.54, 1.807) is 24.4 Å². The Morgan fingerprint density at radius 3 is 2.40 bits per heavy atom. The molecule has 0 aliphatic heterocycles. The van der Waals surface area contributed by atoms with Gasteiger partial charge in [-0.15, -0.1) is 0 Å². The van der Waals surface area contributed by atoms with Gasteiger partial charge in [-0.2, -0.15) is 0 Å². The summed E-state index contributed by atoms with van der Waals surface area (Å²) in [6.45, 7) is 4.41. The van der Waals surface area contributed by atoms with E-state index in [0.29, 0.717) is 18.1 Å². The minimum absolute atomic E-state index is 0.105. The number of carbonyl (C=O) groups is 2. The van der Waals surface area contributed by atoms with Crippen LogP contribution in [0.25, 0.3) is 0 Å². The largest absolute Gasteiger partial charge is 0.473 e. The molecule has 6 heteroatoms. The van der Waals surface area contributed by atoms with Crippen molar-refractivity contribution < 1.29 is 14.3 Å². The van der Waals surface area contributed by atoms with Crippen LogP contribution in [0.2, 0.25) is 0 Å². The van der Waals surface area contributed by atoms with Crippen LogP contribution in [0.4, 0.5) is 0 Å². The summed E-state index contributed by atoms with van der Waals surface area (Å²) < 4.78 is 5.80. The summed E-state index contributed by atoms with van der Waals surface area (Å²) in [6, 6.07) is 19.0. The molecule has 0 aliphatic rings. The number of nitrogens with zero attached hydrogens (tertiary/aromatic N) is 1. The van der Waals surface area contributed by atoms with E-state index in [1.807, 2.05) is 56.3 Å². The van der Waals surface area contributed by atoms with Crippen molar-refractivity contribution in [2.24, 2.45) is 0 Å². The van der Waals surface area contributed by atoms with Crippen LogP contribution in [0.3, 0.4) is 0 Å². The zero-order chi connectivity index (χ0) is 21.3. The maximum atomic E-state index is 12.3. The van der Waals surface area contributed by atoms with Crippen LogP contribution >= 0.6 is 0 Å². The lowest BCUT2D eigenvalue weighted by Gasteiger charge is -2.12. The Hall–Kier alpha value is -3.67. The van der Waals surface area contributed by atoms with Crippen LogP contribution < -0.4 is 15.4 Å². The maximum absolute atomic E-state index is 12.3. The summed E-state index contributed by atoms with van der Waals surface area (Å²) in [7, 11) is 0. The number of pyridine rings is 1. The molecule has 0 saturated heterocycles. The van der Waals surface area contributed by atoms with Crippen molar-refractivity contribution in [1.29, 1.82) is 0 Å². The van der Waals surface area contributed by atoms with Crippen molar-refractivity contribution in [2.75, 3.05) is 6.54 Å². The number of hydrogen-bond acceptors (Lipinski definition) is 4. The molecular weight excluding hydrogens is 378 g/mol. The first-order valence-corrected chi connectivity index (χ1v) is 9.75. The molecule has 0 saturated carbocycles. The normalized spacial score (nSPS) is 10.3. The maximum Gasteiger partial charge on any atom is 0.251 e.